The quantitative estimate of drug-likeness (QED) is 0.286. The van der Waals surface area contributed by atoms with Crippen LogP contribution >= 0.6 is 0 Å². The molecule has 1 aromatic carbocycles. The number of para-hydroxylation sites is 1. The summed E-state index contributed by atoms with van der Waals surface area (Å²) < 4.78 is 4.98. The van der Waals surface area contributed by atoms with Gasteiger partial charge >= 0.3 is 6.09 Å². The van der Waals surface area contributed by atoms with Crippen molar-refractivity contribution in [2.45, 2.75) is 50.6 Å². The van der Waals surface area contributed by atoms with Crippen molar-refractivity contribution in [2.24, 2.45) is 0 Å². The number of anilines is 3. The molecule has 0 saturated carbocycles. The molecule has 3 aromatic rings. The number of fused-ring (bicyclic) bond motifs is 2. The number of unbranched alkanes of at least 4 members (excludes halogenated alkanes) is 3. The van der Waals surface area contributed by atoms with E-state index in [1.807, 2.05) is 18.2 Å². The third-order valence-electron chi connectivity index (χ3n) is 7.29. The van der Waals surface area contributed by atoms with E-state index in [1.165, 1.54) is 0 Å². The van der Waals surface area contributed by atoms with Crippen LogP contribution in [0.5, 0.6) is 5.75 Å². The smallest absolute Gasteiger partial charge is 0.406 e. The van der Waals surface area contributed by atoms with E-state index in [4.69, 9.17) is 10.5 Å². The van der Waals surface area contributed by atoms with Gasteiger partial charge < -0.3 is 30.7 Å². The topological polar surface area (TPSA) is 143 Å². The van der Waals surface area contributed by atoms with Gasteiger partial charge in [-0.15, -0.1) is 10.2 Å². The van der Waals surface area contributed by atoms with Crippen molar-refractivity contribution in [3.63, 3.8) is 0 Å². The third kappa shape index (κ3) is 6.17. The normalized spacial score (nSPS) is 17.7. The van der Waals surface area contributed by atoms with Crippen molar-refractivity contribution >= 4 is 23.5 Å². The summed E-state index contributed by atoms with van der Waals surface area (Å²) in [6.07, 6.45) is 8.78. The molecule has 2 aliphatic rings. The molecule has 40 heavy (non-hydrogen) atoms. The van der Waals surface area contributed by atoms with Gasteiger partial charge in [0.15, 0.2) is 5.82 Å². The van der Waals surface area contributed by atoms with E-state index in [9.17, 15) is 9.90 Å². The molecular weight excluding hydrogens is 508 g/mol. The molecule has 0 aliphatic carbocycles. The summed E-state index contributed by atoms with van der Waals surface area (Å²) in [6.45, 7) is 1.96. The summed E-state index contributed by atoms with van der Waals surface area (Å²) in [5, 5.41) is 21.1. The molecule has 2 aliphatic heterocycles. The Hall–Kier alpha value is -4.59. The van der Waals surface area contributed by atoms with Gasteiger partial charge in [-0.25, -0.2) is 14.8 Å². The lowest BCUT2D eigenvalue weighted by atomic mass is 10.1. The molecule has 4 heterocycles. The maximum atomic E-state index is 11.0. The predicted molar refractivity (Wildman–Crippen MR) is 153 cm³/mol. The lowest BCUT2D eigenvalue weighted by molar-refractivity contribution is 0.146. The summed E-state index contributed by atoms with van der Waals surface area (Å²) in [7, 11) is 1.55. The van der Waals surface area contributed by atoms with Crippen LogP contribution in [-0.4, -0.2) is 70.2 Å². The number of carbonyl (C=O) groups is 1. The first-order valence-electron chi connectivity index (χ1n) is 13.6. The van der Waals surface area contributed by atoms with E-state index < -0.39 is 6.09 Å². The summed E-state index contributed by atoms with van der Waals surface area (Å²) in [5.74, 6) is 7.59. The van der Waals surface area contributed by atoms with Crippen LogP contribution in [0.4, 0.5) is 22.2 Å². The number of benzene rings is 1. The number of alkyl carbamates (subject to hydrolysis) is 1. The lowest BCUT2D eigenvalue weighted by Gasteiger charge is -2.42. The molecule has 11 heteroatoms. The molecule has 208 valence electrons. The van der Waals surface area contributed by atoms with Crippen LogP contribution in [0.3, 0.4) is 0 Å². The molecule has 2 aromatic heterocycles. The second kappa shape index (κ2) is 12.5. The number of rotatable bonds is 8. The van der Waals surface area contributed by atoms with Crippen LogP contribution in [0.2, 0.25) is 0 Å². The average molecular weight is 543 g/mol. The Morgan fingerprint density at radius 2 is 1.88 bits per heavy atom. The molecule has 2 atom stereocenters. The standard InChI is InChI=1S/C29H34N8O3/c1-31-29(39)40-14-8-4-2-3-5-9-20-16-32-28(33-17-20)37-21-12-13-22(37)19-36(18-21)25-15-24(34-35-27(25)30)23-10-6-7-11-26(23)38/h6-7,10-11,15-17,21-22,38H,2-4,8,12-14,18-19H2,1H3,(H2,30,35)(H,31,39). The minimum absolute atomic E-state index is 0.160. The van der Waals surface area contributed by atoms with Gasteiger partial charge in [0.05, 0.1) is 23.6 Å². The predicted octanol–water partition coefficient (Wildman–Crippen LogP) is 3.35. The summed E-state index contributed by atoms with van der Waals surface area (Å²) in [4.78, 5) is 24.9. The Balaban J connectivity index is 1.17. The van der Waals surface area contributed by atoms with Gasteiger partial charge in [0.25, 0.3) is 0 Å². The number of nitrogens with zero attached hydrogens (tertiary/aromatic N) is 6. The van der Waals surface area contributed by atoms with Crippen molar-refractivity contribution in [3.05, 3.63) is 48.3 Å². The van der Waals surface area contributed by atoms with E-state index in [1.54, 1.807) is 31.6 Å². The minimum Gasteiger partial charge on any atom is -0.507 e. The van der Waals surface area contributed by atoms with Gasteiger partial charge in [-0.05, 0) is 50.3 Å². The van der Waals surface area contributed by atoms with E-state index >= 15 is 0 Å². The van der Waals surface area contributed by atoms with Gasteiger partial charge in [0, 0.05) is 56.6 Å². The summed E-state index contributed by atoms with van der Waals surface area (Å²) in [6, 6.07) is 9.51. The number of hydrogen-bond donors (Lipinski definition) is 3. The second-order valence-electron chi connectivity index (χ2n) is 9.98. The number of aromatic hydroxyl groups is 1. The van der Waals surface area contributed by atoms with Gasteiger partial charge in [0.1, 0.15) is 5.75 Å². The summed E-state index contributed by atoms with van der Waals surface area (Å²) >= 11 is 0. The number of nitrogens with one attached hydrogen (secondary N) is 1. The molecule has 0 radical (unpaired) electrons. The highest BCUT2D eigenvalue weighted by Crippen LogP contribution is 2.37. The number of carbonyl (C=O) groups excluding carboxylic acids is 1. The number of aromatic nitrogens is 4. The Morgan fingerprint density at radius 1 is 1.12 bits per heavy atom. The molecule has 2 bridgehead atoms. The first-order chi connectivity index (χ1) is 19.5. The number of phenolic OH excluding ortho intramolecular Hbond substituents is 1. The Labute approximate surface area is 233 Å². The molecule has 2 saturated heterocycles. The number of hydrogen-bond acceptors (Lipinski definition) is 10. The van der Waals surface area contributed by atoms with Crippen LogP contribution in [-0.2, 0) is 4.74 Å². The molecule has 0 spiro atoms. The van der Waals surface area contributed by atoms with Gasteiger partial charge in [-0.2, -0.15) is 0 Å². The van der Waals surface area contributed by atoms with Crippen LogP contribution in [0.25, 0.3) is 11.3 Å². The van der Waals surface area contributed by atoms with Crippen LogP contribution in [0.15, 0.2) is 42.7 Å². The molecule has 1 amide bonds. The maximum absolute atomic E-state index is 11.0. The molecule has 5 rings (SSSR count). The Bertz CT molecular complexity index is 1370. The number of nitrogen functional groups attached to an aromatic ring is 1. The van der Waals surface area contributed by atoms with Crippen LogP contribution in [0, 0.1) is 11.8 Å². The molecular formula is C29H34N8O3. The highest BCUT2D eigenvalue weighted by molar-refractivity contribution is 5.74. The largest absolute Gasteiger partial charge is 0.507 e. The number of amides is 1. The van der Waals surface area contributed by atoms with Gasteiger partial charge in [0.2, 0.25) is 5.95 Å². The van der Waals surface area contributed by atoms with Crippen molar-refractivity contribution in [1.29, 1.82) is 0 Å². The highest BCUT2D eigenvalue weighted by Gasteiger charge is 2.42. The monoisotopic (exact) mass is 542 g/mol. The van der Waals surface area contributed by atoms with Crippen molar-refractivity contribution in [3.8, 4) is 28.8 Å². The Morgan fingerprint density at radius 3 is 2.60 bits per heavy atom. The fourth-order valence-electron chi connectivity index (χ4n) is 5.31. The van der Waals surface area contributed by atoms with E-state index in [-0.39, 0.29) is 17.8 Å². The molecule has 4 N–H and O–H groups in total. The van der Waals surface area contributed by atoms with Crippen LogP contribution < -0.4 is 20.9 Å². The average Bonchev–Trinajstić information content (AvgIpc) is 3.24. The fraction of sp³-hybridized carbons (Fsp3) is 0.414. The summed E-state index contributed by atoms with van der Waals surface area (Å²) in [5.41, 5.74) is 9.10. The van der Waals surface area contributed by atoms with Crippen molar-refractivity contribution < 1.29 is 14.6 Å². The first-order valence-corrected chi connectivity index (χ1v) is 13.6. The first kappa shape index (κ1) is 27.0. The van der Waals surface area contributed by atoms with Gasteiger partial charge in [-0.1, -0.05) is 24.0 Å². The number of nitrogens with two attached hydrogens (primary N) is 1. The third-order valence-corrected chi connectivity index (χ3v) is 7.29. The van der Waals surface area contributed by atoms with E-state index in [0.29, 0.717) is 23.7 Å². The van der Waals surface area contributed by atoms with E-state index in [2.05, 4.69) is 47.1 Å². The van der Waals surface area contributed by atoms with Crippen LogP contribution in [0.1, 0.15) is 44.1 Å². The van der Waals surface area contributed by atoms with Crippen molar-refractivity contribution in [1.82, 2.24) is 25.5 Å². The highest BCUT2D eigenvalue weighted by atomic mass is 16.5. The number of ether oxygens (including phenoxy) is 1. The zero-order chi connectivity index (χ0) is 27.9. The lowest BCUT2D eigenvalue weighted by Crippen LogP contribution is -2.54. The fourth-order valence-corrected chi connectivity index (χ4v) is 5.31. The zero-order valence-corrected chi connectivity index (χ0v) is 22.6. The molecule has 2 fully saturated rings. The molecule has 11 nitrogen and oxygen atoms in total. The Kier molecular flexibility index (Phi) is 8.44. The second-order valence-corrected chi connectivity index (χ2v) is 9.98. The van der Waals surface area contributed by atoms with Crippen molar-refractivity contribution in [2.75, 3.05) is 42.3 Å². The minimum atomic E-state index is -0.395. The SMILES string of the molecule is CNC(=O)OCCCCCC#Cc1cnc(N2C3CCC2CN(c2cc(-c4ccccc4O)nnc2N)C3)nc1. The number of piperazine rings is 1. The van der Waals surface area contributed by atoms with E-state index in [0.717, 1.165) is 68.8 Å². The number of phenols is 1. The molecule has 2 unspecified atom stereocenters. The maximum Gasteiger partial charge on any atom is 0.406 e. The van der Waals surface area contributed by atoms with Gasteiger partial charge in [-0.3, -0.25) is 0 Å². The zero-order valence-electron chi connectivity index (χ0n) is 22.6.